The van der Waals surface area contributed by atoms with E-state index in [0.717, 1.165) is 29.4 Å². The van der Waals surface area contributed by atoms with Crippen LogP contribution in [0.4, 0.5) is 13.2 Å². The van der Waals surface area contributed by atoms with Crippen LogP contribution in [0.2, 0.25) is 0 Å². The van der Waals surface area contributed by atoms with Crippen molar-refractivity contribution in [2.75, 3.05) is 0 Å². The third-order valence-electron chi connectivity index (χ3n) is 3.15. The third kappa shape index (κ3) is 2.56. The Kier molecular flexibility index (Phi) is 3.10. The van der Waals surface area contributed by atoms with Gasteiger partial charge in [0.15, 0.2) is 5.82 Å². The molecule has 3 rings (SSSR count). The molecule has 108 valence electrons. The number of hydrogen-bond donors (Lipinski definition) is 1. The summed E-state index contributed by atoms with van der Waals surface area (Å²) < 4.78 is 42.7. The van der Waals surface area contributed by atoms with Gasteiger partial charge in [-0.15, -0.1) is 0 Å². The van der Waals surface area contributed by atoms with Gasteiger partial charge in [0.05, 0.1) is 22.8 Å². The molecule has 0 unspecified atom stereocenters. The van der Waals surface area contributed by atoms with Gasteiger partial charge in [0.25, 0.3) is 0 Å². The van der Waals surface area contributed by atoms with Crippen molar-refractivity contribution in [3.8, 4) is 23.2 Å². The molecular formula is C13H8F3N3OS. The van der Waals surface area contributed by atoms with Gasteiger partial charge in [0.1, 0.15) is 10.8 Å². The van der Waals surface area contributed by atoms with Gasteiger partial charge in [-0.05, 0) is 36.5 Å². The highest BCUT2D eigenvalue weighted by molar-refractivity contribution is 7.05. The number of rotatable bonds is 2. The summed E-state index contributed by atoms with van der Waals surface area (Å²) in [5.74, 6) is -0.594. The fourth-order valence-corrected chi connectivity index (χ4v) is 2.76. The van der Waals surface area contributed by atoms with Crippen LogP contribution in [0.25, 0.3) is 11.4 Å². The van der Waals surface area contributed by atoms with E-state index in [-0.39, 0.29) is 17.0 Å². The quantitative estimate of drug-likeness (QED) is 0.918. The van der Waals surface area contributed by atoms with E-state index in [1.165, 1.54) is 6.07 Å². The number of phenolic OH excluding ortho intramolecular Hbond substituents is 1. The van der Waals surface area contributed by atoms with Crippen molar-refractivity contribution >= 4 is 11.5 Å². The molecular weight excluding hydrogens is 303 g/mol. The lowest BCUT2D eigenvalue weighted by Crippen LogP contribution is -2.06. The van der Waals surface area contributed by atoms with Gasteiger partial charge in [0, 0.05) is 5.92 Å². The Labute approximate surface area is 121 Å². The molecule has 0 saturated heterocycles. The van der Waals surface area contributed by atoms with Crippen LogP contribution in [0.3, 0.4) is 0 Å². The summed E-state index contributed by atoms with van der Waals surface area (Å²) in [6.45, 7) is 0. The number of benzene rings is 1. The monoisotopic (exact) mass is 311 g/mol. The number of phenols is 1. The highest BCUT2D eigenvalue weighted by atomic mass is 32.1. The lowest BCUT2D eigenvalue weighted by molar-refractivity contribution is -0.138. The van der Waals surface area contributed by atoms with Crippen LogP contribution in [0.15, 0.2) is 12.1 Å². The number of halogens is 3. The number of hydrogen-bond acceptors (Lipinski definition) is 5. The fraction of sp³-hybridized carbons (Fsp3) is 0.308. The molecule has 0 bridgehead atoms. The van der Waals surface area contributed by atoms with Gasteiger partial charge in [-0.3, -0.25) is 0 Å². The molecule has 0 amide bonds. The highest BCUT2D eigenvalue weighted by Crippen LogP contribution is 2.44. The Bertz CT molecular complexity index is 744. The van der Waals surface area contributed by atoms with Crippen molar-refractivity contribution < 1.29 is 18.3 Å². The first-order chi connectivity index (χ1) is 9.90. The topological polar surface area (TPSA) is 69.8 Å². The Balaban J connectivity index is 2.14. The van der Waals surface area contributed by atoms with E-state index in [1.807, 2.05) is 0 Å². The van der Waals surface area contributed by atoms with E-state index >= 15 is 0 Å². The number of nitriles is 1. The Morgan fingerprint density at radius 1 is 1.33 bits per heavy atom. The maximum absolute atomic E-state index is 12.9. The molecule has 1 aliphatic rings. The van der Waals surface area contributed by atoms with E-state index in [1.54, 1.807) is 6.07 Å². The molecule has 1 saturated carbocycles. The number of aromatic nitrogens is 2. The van der Waals surface area contributed by atoms with Crippen LogP contribution in [-0.4, -0.2) is 14.5 Å². The molecule has 2 aromatic rings. The standard InChI is InChI=1S/C13H8F3N3OS/c14-13(15,16)9-4-6(5-17)3-8(10(9)20)11-18-12(21-19-11)7-1-2-7/h3-4,7,20H,1-2H2. The van der Waals surface area contributed by atoms with Crippen LogP contribution in [0, 0.1) is 11.3 Å². The molecule has 8 heteroatoms. The summed E-state index contributed by atoms with van der Waals surface area (Å²) in [6, 6.07) is 3.44. The molecule has 21 heavy (non-hydrogen) atoms. The van der Waals surface area contributed by atoms with E-state index in [4.69, 9.17) is 5.26 Å². The van der Waals surface area contributed by atoms with Gasteiger partial charge >= 0.3 is 6.18 Å². The summed E-state index contributed by atoms with van der Waals surface area (Å²) >= 11 is 1.11. The summed E-state index contributed by atoms with van der Waals surface area (Å²) in [5, 5.41) is 19.5. The van der Waals surface area contributed by atoms with E-state index in [2.05, 4.69) is 9.36 Å². The van der Waals surface area contributed by atoms with Crippen molar-refractivity contribution in [1.29, 1.82) is 5.26 Å². The zero-order chi connectivity index (χ0) is 15.2. The van der Waals surface area contributed by atoms with Crippen molar-refractivity contribution in [3.63, 3.8) is 0 Å². The predicted molar refractivity (Wildman–Crippen MR) is 68.7 cm³/mol. The highest BCUT2D eigenvalue weighted by Gasteiger charge is 2.36. The lowest BCUT2D eigenvalue weighted by Gasteiger charge is -2.11. The molecule has 1 heterocycles. The normalized spacial score (nSPS) is 15.0. The van der Waals surface area contributed by atoms with Gasteiger partial charge in [-0.25, -0.2) is 4.98 Å². The second-order valence-corrected chi connectivity index (χ2v) is 5.54. The molecule has 1 fully saturated rings. The van der Waals surface area contributed by atoms with E-state index in [9.17, 15) is 18.3 Å². The van der Waals surface area contributed by atoms with Gasteiger partial charge < -0.3 is 5.11 Å². The van der Waals surface area contributed by atoms with Crippen LogP contribution >= 0.6 is 11.5 Å². The van der Waals surface area contributed by atoms with Crippen LogP contribution in [-0.2, 0) is 6.18 Å². The Hall–Kier alpha value is -2.14. The van der Waals surface area contributed by atoms with Gasteiger partial charge in [-0.2, -0.15) is 22.8 Å². The van der Waals surface area contributed by atoms with Crippen LogP contribution in [0.5, 0.6) is 5.75 Å². The Morgan fingerprint density at radius 3 is 2.62 bits per heavy atom. The molecule has 0 aliphatic heterocycles. The molecule has 1 aromatic heterocycles. The molecule has 0 spiro atoms. The minimum atomic E-state index is -4.75. The van der Waals surface area contributed by atoms with Crippen LogP contribution < -0.4 is 0 Å². The number of aromatic hydroxyl groups is 1. The summed E-state index contributed by atoms with van der Waals surface area (Å²) in [5.41, 5.74) is -1.61. The number of alkyl halides is 3. The molecule has 1 aliphatic carbocycles. The maximum Gasteiger partial charge on any atom is 0.420 e. The molecule has 0 radical (unpaired) electrons. The molecule has 1 aromatic carbocycles. The minimum absolute atomic E-state index is 0.0296. The second kappa shape index (κ2) is 4.70. The first-order valence-corrected chi connectivity index (χ1v) is 6.85. The SMILES string of the molecule is N#Cc1cc(-c2nsc(C3CC3)n2)c(O)c(C(F)(F)F)c1. The zero-order valence-corrected chi connectivity index (χ0v) is 11.3. The third-order valence-corrected chi connectivity index (χ3v) is 4.03. The second-order valence-electron chi connectivity index (χ2n) is 4.76. The van der Waals surface area contributed by atoms with Crippen molar-refractivity contribution in [2.24, 2.45) is 0 Å². The minimum Gasteiger partial charge on any atom is -0.507 e. The maximum atomic E-state index is 12.9. The molecule has 0 atom stereocenters. The zero-order valence-electron chi connectivity index (χ0n) is 10.5. The van der Waals surface area contributed by atoms with E-state index in [0.29, 0.717) is 12.0 Å². The van der Waals surface area contributed by atoms with E-state index < -0.39 is 17.5 Å². The summed E-state index contributed by atoms with van der Waals surface area (Å²) in [7, 11) is 0. The van der Waals surface area contributed by atoms with Gasteiger partial charge in [0.2, 0.25) is 0 Å². The average Bonchev–Trinajstić information content (AvgIpc) is 3.16. The smallest absolute Gasteiger partial charge is 0.420 e. The van der Waals surface area contributed by atoms with Gasteiger partial charge in [-0.1, -0.05) is 0 Å². The van der Waals surface area contributed by atoms with Crippen LogP contribution in [0.1, 0.15) is 34.9 Å². The number of nitrogens with zero attached hydrogens (tertiary/aromatic N) is 3. The summed E-state index contributed by atoms with van der Waals surface area (Å²) in [6.07, 6.45) is -2.76. The van der Waals surface area contributed by atoms with Crippen molar-refractivity contribution in [3.05, 3.63) is 28.3 Å². The van der Waals surface area contributed by atoms with Crippen molar-refractivity contribution in [1.82, 2.24) is 9.36 Å². The predicted octanol–water partition coefficient (Wildman–Crippen LogP) is 3.68. The fourth-order valence-electron chi connectivity index (χ4n) is 1.93. The lowest BCUT2D eigenvalue weighted by atomic mass is 10.0. The van der Waals surface area contributed by atoms with Crippen molar-refractivity contribution in [2.45, 2.75) is 24.9 Å². The Morgan fingerprint density at radius 2 is 2.05 bits per heavy atom. The summed E-state index contributed by atoms with van der Waals surface area (Å²) in [4.78, 5) is 4.17. The first kappa shape index (κ1) is 13.8. The first-order valence-electron chi connectivity index (χ1n) is 6.08. The molecule has 1 N–H and O–H groups in total. The molecule has 4 nitrogen and oxygen atoms in total. The largest absolute Gasteiger partial charge is 0.507 e. The average molecular weight is 311 g/mol.